The molecule has 0 aliphatic carbocycles. The summed E-state index contributed by atoms with van der Waals surface area (Å²) in [6.45, 7) is 7.00. The van der Waals surface area contributed by atoms with E-state index >= 15 is 0 Å². The van der Waals surface area contributed by atoms with Crippen LogP contribution in [-0.2, 0) is 26.4 Å². The number of hydrogen-bond donors (Lipinski definition) is 0. The van der Waals surface area contributed by atoms with Crippen LogP contribution in [0.2, 0.25) is 0 Å². The molecule has 0 spiro atoms. The predicted molar refractivity (Wildman–Crippen MR) is 127 cm³/mol. The van der Waals surface area contributed by atoms with Crippen LogP contribution in [0.5, 0.6) is 11.5 Å². The molecular formula is C26H31N3O3. The van der Waals surface area contributed by atoms with Gasteiger partial charge in [0, 0.05) is 31.1 Å². The second kappa shape index (κ2) is 8.69. The van der Waals surface area contributed by atoms with Crippen molar-refractivity contribution in [2.45, 2.75) is 46.1 Å². The number of nitrogens with zero attached hydrogens (tertiary/aromatic N) is 3. The largest absolute Gasteiger partial charge is 0.493 e. The molecule has 4 rings (SSSR count). The molecule has 0 bridgehead atoms. The highest BCUT2D eigenvalue weighted by atomic mass is 16.5. The molecule has 0 saturated carbocycles. The molecule has 3 aromatic rings. The van der Waals surface area contributed by atoms with Crippen LogP contribution in [0.4, 0.5) is 5.69 Å². The average Bonchev–Trinajstić information content (AvgIpc) is 2.82. The van der Waals surface area contributed by atoms with Gasteiger partial charge in [-0.25, -0.2) is 9.79 Å². The summed E-state index contributed by atoms with van der Waals surface area (Å²) in [5.74, 6) is 1.52. The van der Waals surface area contributed by atoms with Crippen molar-refractivity contribution in [3.8, 4) is 22.8 Å². The number of para-hydroxylation sites is 1. The first kappa shape index (κ1) is 21.9. The molecule has 1 aliphatic rings. The molecule has 6 nitrogen and oxygen atoms in total. The number of rotatable bonds is 5. The van der Waals surface area contributed by atoms with E-state index in [4.69, 9.17) is 14.5 Å². The number of fused-ring (bicyclic) bond motifs is 3. The van der Waals surface area contributed by atoms with Crippen molar-refractivity contribution in [3.63, 3.8) is 0 Å². The molecule has 0 N–H and O–H groups in total. The SMILES string of the molecule is CCc1cccc(CC)c1N=c1cc2n(c(=O)n1C)CC(C)c1cc(OC)c(OC)cc1-2. The van der Waals surface area contributed by atoms with Crippen LogP contribution in [0.1, 0.15) is 43.4 Å². The van der Waals surface area contributed by atoms with Crippen LogP contribution in [0.3, 0.4) is 0 Å². The van der Waals surface area contributed by atoms with E-state index in [2.05, 4.69) is 39.0 Å². The average molecular weight is 434 g/mol. The first-order chi connectivity index (χ1) is 15.4. The third-order valence-corrected chi connectivity index (χ3v) is 6.43. The van der Waals surface area contributed by atoms with Gasteiger partial charge in [0.1, 0.15) is 5.49 Å². The zero-order chi connectivity index (χ0) is 23.0. The molecule has 1 atom stereocenters. The minimum atomic E-state index is -0.0689. The van der Waals surface area contributed by atoms with Crippen LogP contribution < -0.4 is 20.7 Å². The third-order valence-electron chi connectivity index (χ3n) is 6.43. The van der Waals surface area contributed by atoms with E-state index in [-0.39, 0.29) is 11.6 Å². The van der Waals surface area contributed by atoms with E-state index in [1.54, 1.807) is 25.8 Å². The molecule has 0 amide bonds. The van der Waals surface area contributed by atoms with Crippen molar-refractivity contribution < 1.29 is 9.47 Å². The maximum Gasteiger partial charge on any atom is 0.329 e. The molecule has 1 unspecified atom stereocenters. The van der Waals surface area contributed by atoms with Crippen LogP contribution in [0.25, 0.3) is 11.3 Å². The van der Waals surface area contributed by atoms with E-state index in [1.807, 2.05) is 22.8 Å². The number of ether oxygens (including phenoxy) is 2. The van der Waals surface area contributed by atoms with Crippen molar-refractivity contribution in [2.24, 2.45) is 12.0 Å². The van der Waals surface area contributed by atoms with Gasteiger partial charge >= 0.3 is 5.69 Å². The number of methoxy groups -OCH3 is 2. The van der Waals surface area contributed by atoms with Gasteiger partial charge in [-0.1, -0.05) is 39.0 Å². The summed E-state index contributed by atoms with van der Waals surface area (Å²) in [5, 5.41) is 0. The fourth-order valence-corrected chi connectivity index (χ4v) is 4.56. The Morgan fingerprint density at radius 3 is 2.25 bits per heavy atom. The highest BCUT2D eigenvalue weighted by Gasteiger charge is 2.26. The summed E-state index contributed by atoms with van der Waals surface area (Å²) in [4.78, 5) is 18.4. The monoisotopic (exact) mass is 433 g/mol. The van der Waals surface area contributed by atoms with Crippen LogP contribution in [0.15, 0.2) is 46.2 Å². The van der Waals surface area contributed by atoms with Gasteiger partial charge in [-0.05, 0) is 41.7 Å². The fraction of sp³-hybridized carbons (Fsp3) is 0.385. The second-order valence-electron chi connectivity index (χ2n) is 8.28. The number of aryl methyl sites for hydroxylation is 2. The van der Waals surface area contributed by atoms with Gasteiger partial charge in [0.25, 0.3) is 0 Å². The van der Waals surface area contributed by atoms with Gasteiger partial charge < -0.3 is 9.47 Å². The summed E-state index contributed by atoms with van der Waals surface area (Å²) >= 11 is 0. The van der Waals surface area contributed by atoms with E-state index < -0.39 is 0 Å². The van der Waals surface area contributed by atoms with Crippen LogP contribution in [-0.4, -0.2) is 23.4 Å². The van der Waals surface area contributed by atoms with Gasteiger partial charge in [-0.2, -0.15) is 0 Å². The lowest BCUT2D eigenvalue weighted by Crippen LogP contribution is -2.41. The lowest BCUT2D eigenvalue weighted by molar-refractivity contribution is 0.354. The van der Waals surface area contributed by atoms with Crippen molar-refractivity contribution in [2.75, 3.05) is 14.2 Å². The molecule has 32 heavy (non-hydrogen) atoms. The summed E-state index contributed by atoms with van der Waals surface area (Å²) in [6, 6.07) is 12.3. The normalized spacial score (nSPS) is 15.3. The van der Waals surface area contributed by atoms with Crippen LogP contribution >= 0.6 is 0 Å². The Hall–Kier alpha value is -3.28. The van der Waals surface area contributed by atoms with Crippen molar-refractivity contribution in [1.82, 2.24) is 9.13 Å². The minimum Gasteiger partial charge on any atom is -0.493 e. The lowest BCUT2D eigenvalue weighted by Gasteiger charge is -2.28. The number of aromatic nitrogens is 2. The quantitative estimate of drug-likeness (QED) is 0.601. The molecule has 2 heterocycles. The predicted octanol–water partition coefficient (Wildman–Crippen LogP) is 4.35. The zero-order valence-corrected chi connectivity index (χ0v) is 19.7. The van der Waals surface area contributed by atoms with Crippen LogP contribution in [0, 0.1) is 0 Å². The van der Waals surface area contributed by atoms with Gasteiger partial charge in [-0.3, -0.25) is 9.13 Å². The fourth-order valence-electron chi connectivity index (χ4n) is 4.56. The highest BCUT2D eigenvalue weighted by Crippen LogP contribution is 2.41. The minimum absolute atomic E-state index is 0.0689. The van der Waals surface area contributed by atoms with Gasteiger partial charge in [0.05, 0.1) is 25.6 Å². The number of benzene rings is 2. The molecule has 6 heteroatoms. The molecular weight excluding hydrogens is 402 g/mol. The summed E-state index contributed by atoms with van der Waals surface area (Å²) in [5.41, 5.74) is 6.89. The first-order valence-corrected chi connectivity index (χ1v) is 11.2. The number of hydrogen-bond acceptors (Lipinski definition) is 4. The zero-order valence-electron chi connectivity index (χ0n) is 19.7. The maximum atomic E-state index is 13.4. The molecule has 168 valence electrons. The Labute approximate surface area is 188 Å². The van der Waals surface area contributed by atoms with E-state index in [0.717, 1.165) is 35.3 Å². The van der Waals surface area contributed by atoms with E-state index in [9.17, 15) is 4.79 Å². The molecule has 0 saturated heterocycles. The molecule has 1 aromatic heterocycles. The van der Waals surface area contributed by atoms with E-state index in [0.29, 0.717) is 23.5 Å². The summed E-state index contributed by atoms with van der Waals surface area (Å²) in [6.07, 6.45) is 1.77. The Kier molecular flexibility index (Phi) is 5.96. The smallest absolute Gasteiger partial charge is 0.329 e. The standard InChI is InChI=1S/C26H31N3O3/c1-7-17-10-9-11-18(8-2)25(17)27-24-14-21-20-13-23(32-6)22(31-5)12-19(20)16(3)15-29(21)26(30)28(24)4/h9-14,16H,7-8,15H2,1-6H3. The Morgan fingerprint density at radius 2 is 1.66 bits per heavy atom. The van der Waals surface area contributed by atoms with Gasteiger partial charge in [-0.15, -0.1) is 0 Å². The Balaban J connectivity index is 2.03. The molecule has 2 aromatic carbocycles. The summed E-state index contributed by atoms with van der Waals surface area (Å²) < 4.78 is 14.6. The van der Waals surface area contributed by atoms with Gasteiger partial charge in [0.15, 0.2) is 11.5 Å². The van der Waals surface area contributed by atoms with Crippen molar-refractivity contribution >= 4 is 5.69 Å². The van der Waals surface area contributed by atoms with Gasteiger partial charge in [0.2, 0.25) is 0 Å². The highest BCUT2D eigenvalue weighted by molar-refractivity contribution is 5.71. The lowest BCUT2D eigenvalue weighted by atomic mass is 9.89. The maximum absolute atomic E-state index is 13.4. The van der Waals surface area contributed by atoms with E-state index in [1.165, 1.54) is 11.1 Å². The first-order valence-electron chi connectivity index (χ1n) is 11.2. The Bertz CT molecular complexity index is 1280. The topological polar surface area (TPSA) is 57.8 Å². The second-order valence-corrected chi connectivity index (χ2v) is 8.28. The molecule has 0 radical (unpaired) electrons. The van der Waals surface area contributed by atoms with Crippen molar-refractivity contribution in [3.05, 3.63) is 69.1 Å². The summed E-state index contributed by atoms with van der Waals surface area (Å²) in [7, 11) is 5.07. The molecule has 0 fully saturated rings. The molecule has 1 aliphatic heterocycles. The Morgan fingerprint density at radius 1 is 1.03 bits per heavy atom. The van der Waals surface area contributed by atoms with Crippen molar-refractivity contribution in [1.29, 1.82) is 0 Å². The third kappa shape index (κ3) is 3.53.